The molecule has 1 amide bonds. The van der Waals surface area contributed by atoms with Crippen molar-refractivity contribution in [1.82, 2.24) is 0 Å². The predicted octanol–water partition coefficient (Wildman–Crippen LogP) is 4.67. The van der Waals surface area contributed by atoms with Crippen LogP contribution in [0.1, 0.15) is 15.9 Å². The zero-order valence-corrected chi connectivity index (χ0v) is 14.2. The molecule has 3 aromatic carbocycles. The maximum atomic E-state index is 13.0. The average molecular weight is 351 g/mol. The normalized spacial score (nSPS) is 10.2. The van der Waals surface area contributed by atoms with E-state index in [9.17, 15) is 9.18 Å². The lowest BCUT2D eigenvalue weighted by Crippen LogP contribution is -2.14. The van der Waals surface area contributed by atoms with E-state index in [1.165, 1.54) is 12.1 Å². The first-order valence-corrected chi connectivity index (χ1v) is 8.08. The van der Waals surface area contributed by atoms with E-state index >= 15 is 0 Å². The van der Waals surface area contributed by atoms with Gasteiger partial charge in [-0.3, -0.25) is 4.79 Å². The summed E-state index contributed by atoms with van der Waals surface area (Å²) in [7, 11) is 1.55. The van der Waals surface area contributed by atoms with Gasteiger partial charge in [0, 0.05) is 0 Å². The minimum absolute atomic E-state index is 0.235. The number of ether oxygens (including phenoxy) is 2. The second-order valence-corrected chi connectivity index (χ2v) is 5.57. The number of hydrogen-bond acceptors (Lipinski definition) is 3. The van der Waals surface area contributed by atoms with Gasteiger partial charge >= 0.3 is 0 Å². The molecule has 0 aromatic heterocycles. The Kier molecular flexibility index (Phi) is 5.49. The van der Waals surface area contributed by atoms with Crippen molar-refractivity contribution in [3.05, 3.63) is 89.7 Å². The summed E-state index contributed by atoms with van der Waals surface area (Å²) in [6, 6.07) is 20.2. The number of anilines is 1. The molecule has 26 heavy (non-hydrogen) atoms. The van der Waals surface area contributed by atoms with Crippen molar-refractivity contribution in [2.75, 3.05) is 12.4 Å². The fraction of sp³-hybridized carbons (Fsp3) is 0.0952. The van der Waals surface area contributed by atoms with Crippen molar-refractivity contribution < 1.29 is 18.7 Å². The molecule has 3 aromatic rings. The molecule has 4 nitrogen and oxygen atoms in total. The van der Waals surface area contributed by atoms with Crippen LogP contribution in [-0.4, -0.2) is 13.0 Å². The smallest absolute Gasteiger partial charge is 0.259 e. The first-order chi connectivity index (χ1) is 12.7. The Morgan fingerprint density at radius 3 is 2.31 bits per heavy atom. The highest BCUT2D eigenvalue weighted by molar-refractivity contribution is 6.06. The van der Waals surface area contributed by atoms with Crippen LogP contribution in [0.25, 0.3) is 0 Å². The standard InChI is InChI=1S/C21H18FNO3/c1-25-20-9-5-3-7-18(20)23-21(24)17-6-2-4-8-19(17)26-14-15-10-12-16(22)13-11-15/h2-13H,14H2,1H3,(H,23,24). The second kappa shape index (κ2) is 8.16. The van der Waals surface area contributed by atoms with E-state index in [-0.39, 0.29) is 18.3 Å². The lowest BCUT2D eigenvalue weighted by molar-refractivity contribution is 0.102. The third-order valence-electron chi connectivity index (χ3n) is 3.79. The Bertz CT molecular complexity index is 894. The lowest BCUT2D eigenvalue weighted by atomic mass is 10.1. The topological polar surface area (TPSA) is 47.6 Å². The number of para-hydroxylation sites is 3. The average Bonchev–Trinajstić information content (AvgIpc) is 2.68. The summed E-state index contributed by atoms with van der Waals surface area (Å²) >= 11 is 0. The van der Waals surface area contributed by atoms with Gasteiger partial charge in [-0.05, 0) is 42.0 Å². The van der Waals surface area contributed by atoms with E-state index in [0.717, 1.165) is 5.56 Å². The molecule has 3 rings (SSSR count). The third kappa shape index (κ3) is 4.19. The maximum Gasteiger partial charge on any atom is 0.259 e. The molecule has 0 aliphatic carbocycles. The molecule has 0 radical (unpaired) electrons. The van der Waals surface area contributed by atoms with E-state index < -0.39 is 0 Å². The molecular formula is C21H18FNO3. The fourth-order valence-electron chi connectivity index (χ4n) is 2.46. The summed E-state index contributed by atoms with van der Waals surface area (Å²) in [6.45, 7) is 0.235. The molecule has 0 spiro atoms. The summed E-state index contributed by atoms with van der Waals surface area (Å²) in [4.78, 5) is 12.7. The van der Waals surface area contributed by atoms with Crippen molar-refractivity contribution in [1.29, 1.82) is 0 Å². The minimum atomic E-state index is -0.302. The summed E-state index contributed by atoms with van der Waals surface area (Å²) in [5.74, 6) is 0.421. The zero-order chi connectivity index (χ0) is 18.4. The van der Waals surface area contributed by atoms with Crippen LogP contribution in [0, 0.1) is 5.82 Å². The highest BCUT2D eigenvalue weighted by Gasteiger charge is 2.14. The van der Waals surface area contributed by atoms with E-state index in [0.29, 0.717) is 22.7 Å². The SMILES string of the molecule is COc1ccccc1NC(=O)c1ccccc1OCc1ccc(F)cc1. The number of carbonyl (C=O) groups excluding carboxylic acids is 1. The number of benzene rings is 3. The quantitative estimate of drug-likeness (QED) is 0.702. The monoisotopic (exact) mass is 351 g/mol. The molecule has 0 aliphatic rings. The maximum absolute atomic E-state index is 13.0. The number of nitrogens with one attached hydrogen (secondary N) is 1. The molecule has 0 saturated carbocycles. The number of amides is 1. The molecule has 1 N–H and O–H groups in total. The Labute approximate surface area is 151 Å². The molecular weight excluding hydrogens is 333 g/mol. The van der Waals surface area contributed by atoms with Gasteiger partial charge in [-0.15, -0.1) is 0 Å². The summed E-state index contributed by atoms with van der Waals surface area (Å²) in [6.07, 6.45) is 0. The lowest BCUT2D eigenvalue weighted by Gasteiger charge is -2.13. The van der Waals surface area contributed by atoms with Crippen LogP contribution in [0.5, 0.6) is 11.5 Å². The summed E-state index contributed by atoms with van der Waals surface area (Å²) in [5.41, 5.74) is 1.79. The summed E-state index contributed by atoms with van der Waals surface area (Å²) in [5, 5.41) is 2.83. The van der Waals surface area contributed by atoms with Gasteiger partial charge in [0.25, 0.3) is 5.91 Å². The third-order valence-corrected chi connectivity index (χ3v) is 3.79. The van der Waals surface area contributed by atoms with Crippen LogP contribution < -0.4 is 14.8 Å². The molecule has 0 saturated heterocycles. The van der Waals surface area contributed by atoms with Crippen LogP contribution in [-0.2, 0) is 6.61 Å². The number of methoxy groups -OCH3 is 1. The van der Waals surface area contributed by atoms with Gasteiger partial charge in [0.15, 0.2) is 0 Å². The predicted molar refractivity (Wildman–Crippen MR) is 98.1 cm³/mol. The second-order valence-electron chi connectivity index (χ2n) is 5.57. The Hall–Kier alpha value is -3.34. The van der Waals surface area contributed by atoms with Gasteiger partial charge in [-0.2, -0.15) is 0 Å². The molecule has 0 aliphatic heterocycles. The van der Waals surface area contributed by atoms with Crippen LogP contribution >= 0.6 is 0 Å². The molecule has 0 bridgehead atoms. The first kappa shape index (κ1) is 17.5. The number of carbonyl (C=O) groups is 1. The van der Waals surface area contributed by atoms with Gasteiger partial charge in [0.2, 0.25) is 0 Å². The van der Waals surface area contributed by atoms with Crippen molar-refractivity contribution in [3.8, 4) is 11.5 Å². The van der Waals surface area contributed by atoms with Crippen molar-refractivity contribution in [3.63, 3.8) is 0 Å². The molecule has 132 valence electrons. The largest absolute Gasteiger partial charge is 0.495 e. The van der Waals surface area contributed by atoms with E-state index in [1.807, 2.05) is 12.1 Å². The van der Waals surface area contributed by atoms with Gasteiger partial charge in [0.05, 0.1) is 18.4 Å². The minimum Gasteiger partial charge on any atom is -0.495 e. The van der Waals surface area contributed by atoms with Crippen molar-refractivity contribution >= 4 is 11.6 Å². The van der Waals surface area contributed by atoms with Crippen LogP contribution in [0.3, 0.4) is 0 Å². The Morgan fingerprint density at radius 2 is 1.58 bits per heavy atom. The molecule has 0 fully saturated rings. The van der Waals surface area contributed by atoms with Crippen molar-refractivity contribution in [2.24, 2.45) is 0 Å². The van der Waals surface area contributed by atoms with Gasteiger partial charge in [-0.25, -0.2) is 4.39 Å². The molecule has 0 atom stereocenters. The Morgan fingerprint density at radius 1 is 0.923 bits per heavy atom. The highest BCUT2D eigenvalue weighted by atomic mass is 19.1. The molecule has 0 heterocycles. The van der Waals surface area contributed by atoms with E-state index in [1.54, 1.807) is 55.6 Å². The van der Waals surface area contributed by atoms with E-state index in [2.05, 4.69) is 5.32 Å². The molecule has 5 heteroatoms. The molecule has 0 unspecified atom stereocenters. The van der Waals surface area contributed by atoms with Crippen LogP contribution in [0.2, 0.25) is 0 Å². The van der Waals surface area contributed by atoms with Gasteiger partial charge in [0.1, 0.15) is 23.9 Å². The van der Waals surface area contributed by atoms with Gasteiger partial charge < -0.3 is 14.8 Å². The fourth-order valence-corrected chi connectivity index (χ4v) is 2.46. The Balaban J connectivity index is 1.75. The van der Waals surface area contributed by atoms with Gasteiger partial charge in [-0.1, -0.05) is 36.4 Å². The first-order valence-electron chi connectivity index (χ1n) is 8.08. The van der Waals surface area contributed by atoms with Crippen LogP contribution in [0.4, 0.5) is 10.1 Å². The number of hydrogen-bond donors (Lipinski definition) is 1. The van der Waals surface area contributed by atoms with Crippen molar-refractivity contribution in [2.45, 2.75) is 6.61 Å². The summed E-state index contributed by atoms with van der Waals surface area (Å²) < 4.78 is 24.0. The number of halogens is 1. The van der Waals surface area contributed by atoms with E-state index in [4.69, 9.17) is 9.47 Å². The zero-order valence-electron chi connectivity index (χ0n) is 14.2. The highest BCUT2D eigenvalue weighted by Crippen LogP contribution is 2.26. The number of rotatable bonds is 6. The van der Waals surface area contributed by atoms with Crippen LogP contribution in [0.15, 0.2) is 72.8 Å².